The Morgan fingerprint density at radius 2 is 1.80 bits per heavy atom. The predicted molar refractivity (Wildman–Crippen MR) is 77.2 cm³/mol. The molecule has 0 radical (unpaired) electrons. The highest BCUT2D eigenvalue weighted by atomic mass is 35.7. The molecule has 0 bridgehead atoms. The van der Waals surface area contributed by atoms with Gasteiger partial charge in [0.05, 0.1) is 4.90 Å². The minimum Gasteiger partial charge on any atom is -0.325 e. The highest BCUT2D eigenvalue weighted by molar-refractivity contribution is 8.13. The number of halogens is 1. The summed E-state index contributed by atoms with van der Waals surface area (Å²) >= 11 is 0. The van der Waals surface area contributed by atoms with Crippen molar-refractivity contribution in [2.24, 2.45) is 0 Å². The molecule has 0 aromatic heterocycles. The van der Waals surface area contributed by atoms with Crippen molar-refractivity contribution < 1.29 is 21.6 Å². The molecule has 0 aliphatic rings. The second-order valence-corrected chi connectivity index (χ2v) is 9.31. The van der Waals surface area contributed by atoms with Crippen LogP contribution in [0.15, 0.2) is 23.1 Å². The predicted octanol–water partition coefficient (Wildman–Crippen LogP) is 1.29. The average molecular weight is 340 g/mol. The van der Waals surface area contributed by atoms with E-state index in [4.69, 9.17) is 10.7 Å². The van der Waals surface area contributed by atoms with Crippen LogP contribution in [0.2, 0.25) is 0 Å². The molecule has 1 atom stereocenters. The molecule has 1 amide bonds. The number of rotatable bonds is 4. The number of sulfone groups is 1. The van der Waals surface area contributed by atoms with Gasteiger partial charge >= 0.3 is 0 Å². The molecule has 1 aromatic rings. The molecule has 0 heterocycles. The molecule has 0 aliphatic carbocycles. The van der Waals surface area contributed by atoms with Crippen molar-refractivity contribution in [3.63, 3.8) is 0 Å². The number of hydrogen-bond donors (Lipinski definition) is 1. The lowest BCUT2D eigenvalue weighted by molar-refractivity contribution is -0.115. The van der Waals surface area contributed by atoms with Crippen molar-refractivity contribution >= 4 is 41.2 Å². The number of carbonyl (C=O) groups is 1. The van der Waals surface area contributed by atoms with Crippen LogP contribution in [0.5, 0.6) is 0 Å². The normalized spacial score (nSPS) is 13.8. The third kappa shape index (κ3) is 4.19. The van der Waals surface area contributed by atoms with Gasteiger partial charge in [-0.15, -0.1) is 0 Å². The zero-order valence-electron chi connectivity index (χ0n) is 11.0. The highest BCUT2D eigenvalue weighted by Crippen LogP contribution is 2.22. The Labute approximate surface area is 122 Å². The second-order valence-electron chi connectivity index (χ2n) is 4.38. The molecule has 0 saturated heterocycles. The van der Waals surface area contributed by atoms with Gasteiger partial charge in [-0.1, -0.05) is 0 Å². The van der Waals surface area contributed by atoms with Crippen molar-refractivity contribution in [1.82, 2.24) is 0 Å². The van der Waals surface area contributed by atoms with Crippen molar-refractivity contribution in [3.8, 4) is 0 Å². The molecular weight excluding hydrogens is 326 g/mol. The van der Waals surface area contributed by atoms with E-state index in [0.717, 1.165) is 6.26 Å². The van der Waals surface area contributed by atoms with Crippen LogP contribution in [-0.4, -0.2) is 34.2 Å². The van der Waals surface area contributed by atoms with Gasteiger partial charge in [0.25, 0.3) is 9.05 Å². The van der Waals surface area contributed by atoms with Crippen LogP contribution >= 0.6 is 10.7 Å². The molecule has 20 heavy (non-hydrogen) atoms. The van der Waals surface area contributed by atoms with Gasteiger partial charge in [0, 0.05) is 22.6 Å². The van der Waals surface area contributed by atoms with Crippen molar-refractivity contribution in [3.05, 3.63) is 23.8 Å². The van der Waals surface area contributed by atoms with E-state index in [-0.39, 0.29) is 4.90 Å². The molecule has 6 nitrogen and oxygen atoms in total. The van der Waals surface area contributed by atoms with Gasteiger partial charge in [-0.05, 0) is 37.6 Å². The van der Waals surface area contributed by atoms with Crippen molar-refractivity contribution in [2.45, 2.75) is 24.0 Å². The van der Waals surface area contributed by atoms with Crippen molar-refractivity contribution in [1.29, 1.82) is 0 Å². The SMILES string of the molecule is Cc1cc(S(=O)(=O)Cl)ccc1NC(=O)C(C)S(C)(=O)=O. The molecule has 0 spiro atoms. The van der Waals surface area contributed by atoms with E-state index in [1.165, 1.54) is 25.1 Å². The molecule has 112 valence electrons. The molecule has 9 heteroatoms. The van der Waals surface area contributed by atoms with E-state index in [9.17, 15) is 21.6 Å². The summed E-state index contributed by atoms with van der Waals surface area (Å²) in [5.74, 6) is -0.683. The van der Waals surface area contributed by atoms with Gasteiger partial charge < -0.3 is 5.32 Å². The Bertz CT molecular complexity index is 740. The monoisotopic (exact) mass is 339 g/mol. The summed E-state index contributed by atoms with van der Waals surface area (Å²) in [5, 5.41) is 1.24. The van der Waals surface area contributed by atoms with Crippen LogP contribution in [0.1, 0.15) is 12.5 Å². The van der Waals surface area contributed by atoms with Gasteiger partial charge in [-0.2, -0.15) is 0 Å². The maximum atomic E-state index is 11.8. The summed E-state index contributed by atoms with van der Waals surface area (Å²) < 4.78 is 44.9. The van der Waals surface area contributed by atoms with E-state index < -0.39 is 30.0 Å². The van der Waals surface area contributed by atoms with E-state index >= 15 is 0 Å². The quantitative estimate of drug-likeness (QED) is 0.834. The smallest absolute Gasteiger partial charge is 0.261 e. The summed E-state index contributed by atoms with van der Waals surface area (Å²) in [6.07, 6.45) is 0.966. The zero-order valence-corrected chi connectivity index (χ0v) is 13.4. The van der Waals surface area contributed by atoms with Gasteiger partial charge in [-0.25, -0.2) is 16.8 Å². The molecule has 1 unspecified atom stereocenters. The first-order chi connectivity index (χ1) is 8.93. The summed E-state index contributed by atoms with van der Waals surface area (Å²) in [4.78, 5) is 11.7. The summed E-state index contributed by atoms with van der Waals surface area (Å²) in [6, 6.07) is 3.89. The fourth-order valence-electron chi connectivity index (χ4n) is 1.36. The van der Waals surface area contributed by atoms with Crippen LogP contribution in [0.4, 0.5) is 5.69 Å². The lowest BCUT2D eigenvalue weighted by Gasteiger charge is -2.12. The lowest BCUT2D eigenvalue weighted by atomic mass is 10.2. The molecule has 0 aliphatic heterocycles. The third-order valence-corrected chi connectivity index (χ3v) is 5.60. The molecule has 0 saturated carbocycles. The molecule has 0 fully saturated rings. The van der Waals surface area contributed by atoms with Gasteiger partial charge in [0.1, 0.15) is 5.25 Å². The molecule has 1 rings (SSSR count). The second kappa shape index (κ2) is 5.71. The first kappa shape index (κ1) is 16.9. The number of hydrogen-bond acceptors (Lipinski definition) is 5. The van der Waals surface area contributed by atoms with Gasteiger partial charge in [-0.3, -0.25) is 4.79 Å². The number of anilines is 1. The Morgan fingerprint density at radius 3 is 2.20 bits per heavy atom. The molecule has 1 aromatic carbocycles. The number of benzene rings is 1. The van der Waals surface area contributed by atoms with Crippen LogP contribution in [0, 0.1) is 6.92 Å². The summed E-state index contributed by atoms with van der Waals surface area (Å²) in [5.41, 5.74) is 0.787. The van der Waals surface area contributed by atoms with Gasteiger partial charge in [0.2, 0.25) is 5.91 Å². The van der Waals surface area contributed by atoms with Crippen LogP contribution in [-0.2, 0) is 23.7 Å². The fraction of sp³-hybridized carbons (Fsp3) is 0.364. The minimum atomic E-state index is -3.85. The van der Waals surface area contributed by atoms with Crippen LogP contribution < -0.4 is 5.32 Å². The topological polar surface area (TPSA) is 97.4 Å². The highest BCUT2D eigenvalue weighted by Gasteiger charge is 2.24. The molecule has 1 N–H and O–H groups in total. The van der Waals surface area contributed by atoms with Crippen LogP contribution in [0.25, 0.3) is 0 Å². The van der Waals surface area contributed by atoms with E-state index in [1.807, 2.05) is 0 Å². The standard InChI is InChI=1S/C11H14ClNO5S2/c1-7-6-9(20(12,17)18)4-5-10(7)13-11(14)8(2)19(3,15)16/h4-6,8H,1-3H3,(H,13,14). The largest absolute Gasteiger partial charge is 0.325 e. The molecular formula is C11H14ClNO5S2. The Kier molecular flexibility index (Phi) is 4.83. The van der Waals surface area contributed by atoms with E-state index in [1.54, 1.807) is 6.92 Å². The Hall–Kier alpha value is -1.12. The minimum absolute atomic E-state index is 0.0918. The summed E-state index contributed by atoms with van der Waals surface area (Å²) in [7, 11) is -2.14. The van der Waals surface area contributed by atoms with E-state index in [2.05, 4.69) is 5.32 Å². The Balaban J connectivity index is 3.04. The lowest BCUT2D eigenvalue weighted by Crippen LogP contribution is -2.32. The van der Waals surface area contributed by atoms with Crippen LogP contribution in [0.3, 0.4) is 0 Å². The zero-order chi connectivity index (χ0) is 15.7. The van der Waals surface area contributed by atoms with Crippen molar-refractivity contribution in [2.75, 3.05) is 11.6 Å². The average Bonchev–Trinajstić information content (AvgIpc) is 2.28. The number of nitrogens with one attached hydrogen (secondary N) is 1. The maximum absolute atomic E-state index is 11.8. The maximum Gasteiger partial charge on any atom is 0.261 e. The number of amides is 1. The first-order valence-electron chi connectivity index (χ1n) is 5.48. The Morgan fingerprint density at radius 1 is 1.25 bits per heavy atom. The third-order valence-electron chi connectivity index (χ3n) is 2.75. The number of aryl methyl sites for hydroxylation is 1. The van der Waals surface area contributed by atoms with E-state index in [0.29, 0.717) is 11.3 Å². The van der Waals surface area contributed by atoms with Gasteiger partial charge in [0.15, 0.2) is 9.84 Å². The first-order valence-corrected chi connectivity index (χ1v) is 9.74. The summed E-state index contributed by atoms with van der Waals surface area (Å²) in [6.45, 7) is 2.85. The number of carbonyl (C=O) groups excluding carboxylic acids is 1. The fourth-order valence-corrected chi connectivity index (χ4v) is 2.64.